The van der Waals surface area contributed by atoms with Gasteiger partial charge in [0.2, 0.25) is 0 Å². The maximum atomic E-state index is 4.54. The summed E-state index contributed by atoms with van der Waals surface area (Å²) in [6, 6.07) is 1.52. The molecule has 0 aromatic rings. The van der Waals surface area contributed by atoms with Gasteiger partial charge in [0.25, 0.3) is 0 Å². The number of thiol groups is 1. The molecule has 0 N–H and O–H groups in total. The van der Waals surface area contributed by atoms with Gasteiger partial charge in [-0.15, -0.1) is 0 Å². The second kappa shape index (κ2) is 5.77. The molecule has 2 heteroatoms. The fourth-order valence-corrected chi connectivity index (χ4v) is 3.36. The molecule has 3 atom stereocenters. The van der Waals surface area contributed by atoms with E-state index in [0.29, 0.717) is 11.3 Å². The van der Waals surface area contributed by atoms with Crippen molar-refractivity contribution in [1.82, 2.24) is 4.90 Å². The molecule has 1 fully saturated rings. The maximum Gasteiger partial charge on any atom is 0.00698 e. The van der Waals surface area contributed by atoms with Gasteiger partial charge in [0.1, 0.15) is 0 Å². The summed E-state index contributed by atoms with van der Waals surface area (Å²) in [5.41, 5.74) is 0.374. The second-order valence-corrected chi connectivity index (χ2v) is 6.94. The minimum absolute atomic E-state index is 0.374. The summed E-state index contributed by atoms with van der Waals surface area (Å²) < 4.78 is 0. The molecule has 1 rings (SSSR count). The average molecular weight is 243 g/mol. The van der Waals surface area contributed by atoms with Gasteiger partial charge in [0, 0.05) is 18.6 Å². The first-order valence-electron chi connectivity index (χ1n) is 6.73. The van der Waals surface area contributed by atoms with Gasteiger partial charge < -0.3 is 0 Å². The molecule has 1 nitrogen and oxygen atoms in total. The first kappa shape index (κ1) is 14.4. The highest BCUT2D eigenvalue weighted by Gasteiger charge is 2.31. The van der Waals surface area contributed by atoms with Crippen molar-refractivity contribution in [3.05, 3.63) is 0 Å². The molecule has 16 heavy (non-hydrogen) atoms. The van der Waals surface area contributed by atoms with Crippen molar-refractivity contribution in [2.45, 2.75) is 66.0 Å². The SMILES string of the molecule is CC1CCCC(C)N1CC(CS)C(C)(C)C. The van der Waals surface area contributed by atoms with Gasteiger partial charge in [-0.3, -0.25) is 4.90 Å². The first-order chi connectivity index (χ1) is 7.36. The standard InChI is InChI=1S/C14H29NS/c1-11-7-6-8-12(2)15(11)9-13(10-16)14(3,4)5/h11-13,16H,6-10H2,1-5H3. The molecule has 0 aliphatic carbocycles. The van der Waals surface area contributed by atoms with Crippen molar-refractivity contribution >= 4 is 12.6 Å². The Morgan fingerprint density at radius 3 is 2.06 bits per heavy atom. The van der Waals surface area contributed by atoms with E-state index in [1.54, 1.807) is 0 Å². The molecule has 0 amide bonds. The number of nitrogens with zero attached hydrogens (tertiary/aromatic N) is 1. The predicted molar refractivity (Wildman–Crippen MR) is 76.3 cm³/mol. The summed E-state index contributed by atoms with van der Waals surface area (Å²) in [6.45, 7) is 13.0. The lowest BCUT2D eigenvalue weighted by molar-refractivity contribution is 0.0632. The third-order valence-corrected chi connectivity index (χ3v) is 4.69. The highest BCUT2D eigenvalue weighted by atomic mass is 32.1. The molecule has 96 valence electrons. The second-order valence-electron chi connectivity index (χ2n) is 6.57. The van der Waals surface area contributed by atoms with Crippen LogP contribution in [0.25, 0.3) is 0 Å². The van der Waals surface area contributed by atoms with Crippen LogP contribution in [0.15, 0.2) is 0 Å². The van der Waals surface area contributed by atoms with Crippen LogP contribution in [0.5, 0.6) is 0 Å². The summed E-state index contributed by atoms with van der Waals surface area (Å²) in [6.07, 6.45) is 4.14. The zero-order chi connectivity index (χ0) is 12.3. The normalized spacial score (nSPS) is 30.4. The molecule has 0 spiro atoms. The van der Waals surface area contributed by atoms with Crippen LogP contribution in [0.3, 0.4) is 0 Å². The van der Waals surface area contributed by atoms with Crippen LogP contribution in [-0.4, -0.2) is 29.3 Å². The summed E-state index contributed by atoms with van der Waals surface area (Å²) in [5, 5.41) is 0. The van der Waals surface area contributed by atoms with Crippen molar-refractivity contribution in [1.29, 1.82) is 0 Å². The van der Waals surface area contributed by atoms with Gasteiger partial charge in [-0.25, -0.2) is 0 Å². The smallest absolute Gasteiger partial charge is 0.00698 e. The third kappa shape index (κ3) is 3.66. The van der Waals surface area contributed by atoms with Crippen LogP contribution < -0.4 is 0 Å². The van der Waals surface area contributed by atoms with Crippen molar-refractivity contribution in [3.63, 3.8) is 0 Å². The Morgan fingerprint density at radius 1 is 1.19 bits per heavy atom. The van der Waals surface area contributed by atoms with Crippen LogP contribution in [0, 0.1) is 11.3 Å². The predicted octanol–water partition coefficient (Wildman–Crippen LogP) is 3.84. The number of hydrogen-bond donors (Lipinski definition) is 1. The Morgan fingerprint density at radius 2 is 1.69 bits per heavy atom. The molecule has 1 saturated heterocycles. The topological polar surface area (TPSA) is 3.24 Å². The van der Waals surface area contributed by atoms with Gasteiger partial charge in [0.05, 0.1) is 0 Å². The van der Waals surface area contributed by atoms with Gasteiger partial charge in [-0.05, 0) is 43.8 Å². The molecule has 0 bridgehead atoms. The fourth-order valence-electron chi connectivity index (χ4n) is 2.69. The van der Waals surface area contributed by atoms with Gasteiger partial charge in [-0.1, -0.05) is 27.2 Å². The lowest BCUT2D eigenvalue weighted by atomic mass is 9.80. The van der Waals surface area contributed by atoms with E-state index in [2.05, 4.69) is 52.1 Å². The minimum atomic E-state index is 0.374. The summed E-state index contributed by atoms with van der Waals surface area (Å²) in [4.78, 5) is 2.70. The van der Waals surface area contributed by atoms with Crippen molar-refractivity contribution in [3.8, 4) is 0 Å². The first-order valence-corrected chi connectivity index (χ1v) is 7.36. The van der Waals surface area contributed by atoms with E-state index < -0.39 is 0 Å². The third-order valence-electron chi connectivity index (χ3n) is 4.25. The average Bonchev–Trinajstić information content (AvgIpc) is 2.15. The molecule has 0 saturated carbocycles. The summed E-state index contributed by atoms with van der Waals surface area (Å²) in [7, 11) is 0. The number of hydrogen-bond acceptors (Lipinski definition) is 2. The molecular formula is C14H29NS. The van der Waals surface area contributed by atoms with Crippen LogP contribution in [0.1, 0.15) is 53.9 Å². The van der Waals surface area contributed by atoms with E-state index >= 15 is 0 Å². The van der Waals surface area contributed by atoms with E-state index in [4.69, 9.17) is 0 Å². The molecule has 1 aliphatic rings. The highest BCUT2D eigenvalue weighted by molar-refractivity contribution is 7.80. The molecule has 1 aliphatic heterocycles. The Hall–Kier alpha value is 0.310. The Labute approximate surface area is 107 Å². The zero-order valence-electron chi connectivity index (χ0n) is 11.7. The largest absolute Gasteiger partial charge is 0.298 e. The number of rotatable bonds is 3. The zero-order valence-corrected chi connectivity index (χ0v) is 12.6. The van der Waals surface area contributed by atoms with E-state index in [9.17, 15) is 0 Å². The molecule has 3 unspecified atom stereocenters. The number of likely N-dealkylation sites (tertiary alicyclic amines) is 1. The van der Waals surface area contributed by atoms with Crippen molar-refractivity contribution in [2.75, 3.05) is 12.3 Å². The molecule has 1 heterocycles. The molecule has 0 radical (unpaired) electrons. The molecular weight excluding hydrogens is 214 g/mol. The quantitative estimate of drug-likeness (QED) is 0.737. The van der Waals surface area contributed by atoms with Crippen LogP contribution in [-0.2, 0) is 0 Å². The van der Waals surface area contributed by atoms with E-state index in [0.717, 1.165) is 17.8 Å². The summed E-state index contributed by atoms with van der Waals surface area (Å²) >= 11 is 4.54. The highest BCUT2D eigenvalue weighted by Crippen LogP contribution is 2.31. The molecule has 0 aromatic heterocycles. The fraction of sp³-hybridized carbons (Fsp3) is 1.00. The van der Waals surface area contributed by atoms with E-state index in [-0.39, 0.29) is 0 Å². The summed E-state index contributed by atoms with van der Waals surface area (Å²) in [5.74, 6) is 1.69. The van der Waals surface area contributed by atoms with Crippen LogP contribution in [0.2, 0.25) is 0 Å². The van der Waals surface area contributed by atoms with E-state index in [1.165, 1.54) is 25.8 Å². The van der Waals surface area contributed by atoms with E-state index in [1.807, 2.05) is 0 Å². The van der Waals surface area contributed by atoms with Crippen LogP contribution >= 0.6 is 12.6 Å². The van der Waals surface area contributed by atoms with Gasteiger partial charge >= 0.3 is 0 Å². The monoisotopic (exact) mass is 243 g/mol. The lowest BCUT2D eigenvalue weighted by Gasteiger charge is -2.43. The Bertz CT molecular complexity index is 199. The maximum absolute atomic E-state index is 4.54. The lowest BCUT2D eigenvalue weighted by Crippen LogP contribution is -2.48. The Kier molecular flexibility index (Phi) is 5.18. The van der Waals surface area contributed by atoms with Crippen LogP contribution in [0.4, 0.5) is 0 Å². The van der Waals surface area contributed by atoms with Gasteiger partial charge in [-0.2, -0.15) is 12.6 Å². The Balaban J connectivity index is 2.62. The van der Waals surface area contributed by atoms with Crippen molar-refractivity contribution < 1.29 is 0 Å². The number of piperidine rings is 1. The minimum Gasteiger partial charge on any atom is -0.298 e. The van der Waals surface area contributed by atoms with Gasteiger partial charge in [0.15, 0.2) is 0 Å². The van der Waals surface area contributed by atoms with Crippen molar-refractivity contribution in [2.24, 2.45) is 11.3 Å². The molecule has 0 aromatic carbocycles.